The number of aromatic hydroxyl groups is 1. The molecule has 3 heteroatoms. The second-order valence-electron chi connectivity index (χ2n) is 10.7. The molecule has 0 aliphatic carbocycles. The zero-order valence-corrected chi connectivity index (χ0v) is 20.7. The highest BCUT2D eigenvalue weighted by Gasteiger charge is 2.27. The van der Waals surface area contributed by atoms with Crippen LogP contribution in [-0.2, 0) is 10.8 Å². The average molecular weight is 429 g/mol. The normalized spacial score (nSPS) is 12.7. The van der Waals surface area contributed by atoms with E-state index in [2.05, 4.69) is 109 Å². The Labute approximate surface area is 193 Å². The fourth-order valence-electron chi connectivity index (χ4n) is 3.60. The molecule has 0 aromatic heterocycles. The Morgan fingerprint density at radius 2 is 1.16 bits per heavy atom. The van der Waals surface area contributed by atoms with Crippen LogP contribution in [0.15, 0.2) is 65.7 Å². The Hall–Kier alpha value is -3.07. The number of aliphatic imine (C=N–C) groups is 1. The van der Waals surface area contributed by atoms with Crippen LogP contribution >= 0.6 is 0 Å². The third-order valence-corrected chi connectivity index (χ3v) is 5.59. The number of anilines is 1. The summed E-state index contributed by atoms with van der Waals surface area (Å²) in [5.41, 5.74) is 6.65. The van der Waals surface area contributed by atoms with Crippen LogP contribution in [0, 0.1) is 13.8 Å². The van der Waals surface area contributed by atoms with Crippen molar-refractivity contribution in [3.8, 4) is 5.75 Å². The number of rotatable bonds is 3. The van der Waals surface area contributed by atoms with Crippen LogP contribution in [0.1, 0.15) is 69.4 Å². The number of phenols is 1. The van der Waals surface area contributed by atoms with Crippen LogP contribution in [0.3, 0.4) is 0 Å². The predicted molar refractivity (Wildman–Crippen MR) is 138 cm³/mol. The molecule has 0 aliphatic rings. The minimum atomic E-state index is -0.209. The molecule has 168 valence electrons. The number of aryl methyl sites for hydroxylation is 2. The van der Waals surface area contributed by atoms with Gasteiger partial charge in [0.05, 0.1) is 5.69 Å². The summed E-state index contributed by atoms with van der Waals surface area (Å²) in [7, 11) is 0. The molecule has 0 amide bonds. The van der Waals surface area contributed by atoms with E-state index in [9.17, 15) is 5.11 Å². The first-order valence-electron chi connectivity index (χ1n) is 11.2. The van der Waals surface area contributed by atoms with E-state index in [-0.39, 0.29) is 10.8 Å². The van der Waals surface area contributed by atoms with Crippen molar-refractivity contribution >= 4 is 17.2 Å². The molecular weight excluding hydrogens is 392 g/mol. The molecule has 0 heterocycles. The zero-order chi connectivity index (χ0) is 23.7. The predicted octanol–water partition coefficient (Wildman–Crippen LogP) is 7.79. The number of amidine groups is 1. The molecule has 3 aromatic carbocycles. The fraction of sp³-hybridized carbons (Fsp3) is 0.345. The van der Waals surface area contributed by atoms with Crippen molar-refractivity contribution in [2.24, 2.45) is 4.99 Å². The van der Waals surface area contributed by atoms with E-state index in [1.807, 2.05) is 12.1 Å². The highest BCUT2D eigenvalue weighted by atomic mass is 16.3. The summed E-state index contributed by atoms with van der Waals surface area (Å²) in [6.45, 7) is 16.9. The minimum Gasteiger partial charge on any atom is -0.507 e. The van der Waals surface area contributed by atoms with Gasteiger partial charge in [-0.05, 0) is 61.1 Å². The van der Waals surface area contributed by atoms with Gasteiger partial charge in [-0.1, -0.05) is 76.9 Å². The third-order valence-electron chi connectivity index (χ3n) is 5.59. The molecule has 32 heavy (non-hydrogen) atoms. The summed E-state index contributed by atoms with van der Waals surface area (Å²) in [6.07, 6.45) is 0. The van der Waals surface area contributed by atoms with Gasteiger partial charge in [-0.2, -0.15) is 0 Å². The van der Waals surface area contributed by atoms with E-state index >= 15 is 0 Å². The van der Waals surface area contributed by atoms with E-state index in [4.69, 9.17) is 4.99 Å². The van der Waals surface area contributed by atoms with Gasteiger partial charge in [0.15, 0.2) is 0 Å². The Kier molecular flexibility index (Phi) is 6.50. The zero-order valence-electron chi connectivity index (χ0n) is 20.7. The summed E-state index contributed by atoms with van der Waals surface area (Å²) < 4.78 is 0. The molecule has 3 aromatic rings. The molecule has 3 rings (SSSR count). The number of nitrogens with zero attached hydrogens (tertiary/aromatic N) is 1. The Morgan fingerprint density at radius 1 is 0.719 bits per heavy atom. The van der Waals surface area contributed by atoms with E-state index < -0.39 is 0 Å². The molecule has 0 spiro atoms. The molecular formula is C29H36N2O. The maximum Gasteiger partial charge on any atom is 0.138 e. The molecule has 0 atom stereocenters. The average Bonchev–Trinajstić information content (AvgIpc) is 2.69. The van der Waals surface area contributed by atoms with Gasteiger partial charge in [-0.15, -0.1) is 0 Å². The highest BCUT2D eigenvalue weighted by molar-refractivity contribution is 6.09. The van der Waals surface area contributed by atoms with Crippen LogP contribution in [0.25, 0.3) is 0 Å². The Morgan fingerprint density at radius 3 is 1.59 bits per heavy atom. The summed E-state index contributed by atoms with van der Waals surface area (Å²) in [5.74, 6) is 1.13. The Balaban J connectivity index is 2.23. The monoisotopic (exact) mass is 428 g/mol. The smallest absolute Gasteiger partial charge is 0.138 e. The SMILES string of the molecule is Cc1ccc(N=C(Nc2ccc(C)cc2)c2cc(C(C)(C)C)c(O)c(C(C)(C)C)c2)cc1. The van der Waals surface area contributed by atoms with Crippen molar-refractivity contribution < 1.29 is 5.11 Å². The standard InChI is InChI=1S/C29H36N2O/c1-19-9-13-22(14-10-19)30-27(31-23-15-11-20(2)12-16-23)21-17-24(28(3,4)5)26(32)25(18-21)29(6,7)8/h9-18,32H,1-8H3,(H,30,31). The van der Waals surface area contributed by atoms with Crippen LogP contribution < -0.4 is 5.32 Å². The quantitative estimate of drug-likeness (QED) is 0.330. The second-order valence-corrected chi connectivity index (χ2v) is 10.7. The van der Waals surface area contributed by atoms with Gasteiger partial charge < -0.3 is 10.4 Å². The van der Waals surface area contributed by atoms with Crippen LogP contribution in [-0.4, -0.2) is 10.9 Å². The van der Waals surface area contributed by atoms with E-state index in [1.54, 1.807) is 0 Å². The molecule has 0 saturated heterocycles. The maximum absolute atomic E-state index is 11.1. The van der Waals surface area contributed by atoms with Crippen molar-refractivity contribution in [3.63, 3.8) is 0 Å². The molecule has 0 unspecified atom stereocenters. The van der Waals surface area contributed by atoms with Crippen molar-refractivity contribution in [2.45, 2.75) is 66.2 Å². The van der Waals surface area contributed by atoms with Crippen molar-refractivity contribution in [1.29, 1.82) is 0 Å². The number of hydrogen-bond acceptors (Lipinski definition) is 2. The highest BCUT2D eigenvalue weighted by Crippen LogP contribution is 2.40. The first-order chi connectivity index (χ1) is 14.8. The number of hydrogen-bond donors (Lipinski definition) is 2. The van der Waals surface area contributed by atoms with Crippen molar-refractivity contribution in [1.82, 2.24) is 0 Å². The van der Waals surface area contributed by atoms with E-state index in [1.165, 1.54) is 11.1 Å². The van der Waals surface area contributed by atoms with Gasteiger partial charge in [0, 0.05) is 22.4 Å². The van der Waals surface area contributed by atoms with Crippen molar-refractivity contribution in [3.05, 3.63) is 88.5 Å². The van der Waals surface area contributed by atoms with E-state index in [0.29, 0.717) is 5.75 Å². The number of nitrogens with one attached hydrogen (secondary N) is 1. The first-order valence-corrected chi connectivity index (χ1v) is 11.2. The Bertz CT molecular complexity index is 1070. The topological polar surface area (TPSA) is 44.6 Å². The van der Waals surface area contributed by atoms with Crippen molar-refractivity contribution in [2.75, 3.05) is 5.32 Å². The molecule has 0 radical (unpaired) electrons. The lowest BCUT2D eigenvalue weighted by atomic mass is 9.78. The third kappa shape index (κ3) is 5.59. The van der Waals surface area contributed by atoms with Gasteiger partial charge in [-0.25, -0.2) is 4.99 Å². The number of benzene rings is 3. The molecule has 0 aliphatic heterocycles. The summed E-state index contributed by atoms with van der Waals surface area (Å²) >= 11 is 0. The number of phenolic OH excluding ortho intramolecular Hbond substituents is 1. The maximum atomic E-state index is 11.1. The first kappa shape index (κ1) is 23.6. The summed E-state index contributed by atoms with van der Waals surface area (Å²) in [4.78, 5) is 4.99. The van der Waals surface area contributed by atoms with Gasteiger partial charge in [0.1, 0.15) is 11.6 Å². The fourth-order valence-corrected chi connectivity index (χ4v) is 3.60. The lowest BCUT2D eigenvalue weighted by Crippen LogP contribution is -2.21. The summed E-state index contributed by atoms with van der Waals surface area (Å²) in [6, 6.07) is 20.6. The largest absolute Gasteiger partial charge is 0.507 e. The van der Waals surface area contributed by atoms with Gasteiger partial charge in [-0.3, -0.25) is 0 Å². The molecule has 3 nitrogen and oxygen atoms in total. The van der Waals surface area contributed by atoms with E-state index in [0.717, 1.165) is 33.9 Å². The van der Waals surface area contributed by atoms with Gasteiger partial charge in [0.2, 0.25) is 0 Å². The van der Waals surface area contributed by atoms with Gasteiger partial charge >= 0.3 is 0 Å². The van der Waals surface area contributed by atoms with Gasteiger partial charge in [0.25, 0.3) is 0 Å². The van der Waals surface area contributed by atoms with Crippen LogP contribution in [0.5, 0.6) is 5.75 Å². The molecule has 2 N–H and O–H groups in total. The molecule has 0 saturated carbocycles. The second kappa shape index (κ2) is 8.82. The lowest BCUT2D eigenvalue weighted by Gasteiger charge is -2.28. The lowest BCUT2D eigenvalue weighted by molar-refractivity contribution is 0.423. The van der Waals surface area contributed by atoms with Crippen LogP contribution in [0.2, 0.25) is 0 Å². The minimum absolute atomic E-state index is 0.209. The van der Waals surface area contributed by atoms with Crippen LogP contribution in [0.4, 0.5) is 11.4 Å². The molecule has 0 fully saturated rings. The summed E-state index contributed by atoms with van der Waals surface area (Å²) in [5, 5.41) is 14.7. The molecule has 0 bridgehead atoms.